The van der Waals surface area contributed by atoms with Crippen molar-refractivity contribution in [2.24, 2.45) is 5.16 Å². The second-order valence-electron chi connectivity index (χ2n) is 2.32. The van der Waals surface area contributed by atoms with Crippen LogP contribution in [0.1, 0.15) is 5.56 Å². The van der Waals surface area contributed by atoms with Crippen LogP contribution in [0.15, 0.2) is 35.5 Å². The van der Waals surface area contributed by atoms with Gasteiger partial charge in [-0.2, -0.15) is 0 Å². The second kappa shape index (κ2) is 4.25. The third-order valence-corrected chi connectivity index (χ3v) is 1.44. The normalized spacial score (nSPS) is 11.0. The molecule has 0 saturated carbocycles. The number of carbonyl (C=O) groups is 1. The first-order valence-corrected chi connectivity index (χ1v) is 3.68. The van der Waals surface area contributed by atoms with Gasteiger partial charge in [-0.25, -0.2) is 0 Å². The Morgan fingerprint density at radius 3 is 2.46 bits per heavy atom. The van der Waals surface area contributed by atoms with E-state index in [2.05, 4.69) is 9.99 Å². The monoisotopic (exact) mass is 177 g/mol. The van der Waals surface area contributed by atoms with Crippen LogP contribution >= 0.6 is 0 Å². The number of amides is 1. The number of hydrogen-bond acceptors (Lipinski definition) is 3. The maximum atomic E-state index is 10.8. The summed E-state index contributed by atoms with van der Waals surface area (Å²) in [4.78, 5) is 15.3. The standard InChI is InChI=1S/C9H9N2O2/c1-13-11-8(9(10)12)7-5-3-2-4-6-7/h2-6,10H,1H3. The summed E-state index contributed by atoms with van der Waals surface area (Å²) in [6.45, 7) is 0. The highest BCUT2D eigenvalue weighted by Crippen LogP contribution is 2.01. The molecule has 0 aliphatic carbocycles. The number of carbonyl (C=O) groups excluding carboxylic acids is 1. The lowest BCUT2D eigenvalue weighted by molar-refractivity contribution is -0.112. The van der Waals surface area contributed by atoms with Gasteiger partial charge in [-0.15, -0.1) is 0 Å². The molecule has 1 aromatic rings. The Kier molecular flexibility index (Phi) is 3.03. The molecular weight excluding hydrogens is 168 g/mol. The number of nitrogens with zero attached hydrogens (tertiary/aromatic N) is 1. The Labute approximate surface area is 76.0 Å². The highest BCUT2D eigenvalue weighted by Gasteiger charge is 2.10. The molecule has 0 unspecified atom stereocenters. The molecule has 0 aliphatic rings. The summed E-state index contributed by atoms with van der Waals surface area (Å²) >= 11 is 0. The van der Waals surface area contributed by atoms with Crippen LogP contribution in [0.2, 0.25) is 0 Å². The summed E-state index contributed by atoms with van der Waals surface area (Å²) in [5, 5.41) is 3.47. The van der Waals surface area contributed by atoms with Crippen LogP contribution in [0.4, 0.5) is 0 Å². The molecule has 67 valence electrons. The Morgan fingerprint density at radius 1 is 1.38 bits per heavy atom. The highest BCUT2D eigenvalue weighted by molar-refractivity contribution is 6.44. The minimum absolute atomic E-state index is 0.0168. The molecule has 0 saturated heterocycles. The highest BCUT2D eigenvalue weighted by atomic mass is 16.6. The van der Waals surface area contributed by atoms with Crippen LogP contribution in [0, 0.1) is 0 Å². The third-order valence-electron chi connectivity index (χ3n) is 1.44. The van der Waals surface area contributed by atoms with E-state index in [1.807, 2.05) is 6.07 Å². The van der Waals surface area contributed by atoms with Gasteiger partial charge in [0.1, 0.15) is 7.11 Å². The van der Waals surface area contributed by atoms with Gasteiger partial charge < -0.3 is 4.84 Å². The van der Waals surface area contributed by atoms with E-state index in [9.17, 15) is 4.79 Å². The molecule has 1 aromatic carbocycles. The van der Waals surface area contributed by atoms with Crippen molar-refractivity contribution in [2.75, 3.05) is 7.11 Å². The molecule has 4 nitrogen and oxygen atoms in total. The fourth-order valence-electron chi connectivity index (χ4n) is 0.913. The molecule has 0 heterocycles. The molecule has 13 heavy (non-hydrogen) atoms. The van der Waals surface area contributed by atoms with Crippen LogP contribution in [-0.2, 0) is 9.63 Å². The van der Waals surface area contributed by atoms with Crippen LogP contribution < -0.4 is 5.73 Å². The maximum absolute atomic E-state index is 10.8. The minimum atomic E-state index is -0.854. The first-order chi connectivity index (χ1) is 6.25. The molecule has 4 heteroatoms. The van der Waals surface area contributed by atoms with Crippen molar-refractivity contribution in [2.45, 2.75) is 0 Å². The Morgan fingerprint density at radius 2 is 2.00 bits per heavy atom. The van der Waals surface area contributed by atoms with Gasteiger partial charge in [-0.05, 0) is 0 Å². The fraction of sp³-hybridized carbons (Fsp3) is 0.111. The molecule has 1 rings (SSSR count). The smallest absolute Gasteiger partial charge is 0.292 e. The molecule has 1 radical (unpaired) electrons. The molecule has 0 fully saturated rings. The second-order valence-corrected chi connectivity index (χ2v) is 2.32. The van der Waals surface area contributed by atoms with Crippen LogP contribution in [0.5, 0.6) is 0 Å². The number of hydrogen-bond donors (Lipinski definition) is 0. The lowest BCUT2D eigenvalue weighted by Crippen LogP contribution is -2.16. The maximum Gasteiger partial charge on any atom is 0.292 e. The van der Waals surface area contributed by atoms with Gasteiger partial charge in [0.25, 0.3) is 5.91 Å². The fourth-order valence-corrected chi connectivity index (χ4v) is 0.913. The molecule has 1 N–H and O–H groups in total. The van der Waals surface area contributed by atoms with Gasteiger partial charge in [0, 0.05) is 5.56 Å². The van der Waals surface area contributed by atoms with Crippen molar-refractivity contribution in [3.05, 3.63) is 35.9 Å². The van der Waals surface area contributed by atoms with Gasteiger partial charge >= 0.3 is 0 Å². The van der Waals surface area contributed by atoms with E-state index in [0.29, 0.717) is 5.56 Å². The van der Waals surface area contributed by atoms with Crippen LogP contribution in [0.3, 0.4) is 0 Å². The van der Waals surface area contributed by atoms with Gasteiger partial charge in [-0.1, -0.05) is 35.5 Å². The topological polar surface area (TPSA) is 62.5 Å². The lowest BCUT2D eigenvalue weighted by Gasteiger charge is -1.99. The van der Waals surface area contributed by atoms with Crippen LogP contribution in [-0.4, -0.2) is 18.7 Å². The largest absolute Gasteiger partial charge is 0.398 e. The molecule has 0 aliphatic heterocycles. The summed E-state index contributed by atoms with van der Waals surface area (Å²) in [5.74, 6) is -0.854. The van der Waals surface area contributed by atoms with Crippen LogP contribution in [0.25, 0.3) is 0 Å². The SMILES string of the molecule is CON=C(C([NH])=O)c1ccccc1. The molecular formula is C9H9N2O2. The number of rotatable bonds is 3. The van der Waals surface area contributed by atoms with Crippen molar-refractivity contribution in [1.29, 1.82) is 0 Å². The van der Waals surface area contributed by atoms with E-state index in [0.717, 1.165) is 0 Å². The molecule has 0 atom stereocenters. The average molecular weight is 177 g/mol. The van der Waals surface area contributed by atoms with Gasteiger partial charge in [0.15, 0.2) is 5.71 Å². The van der Waals surface area contributed by atoms with Gasteiger partial charge in [-0.3, -0.25) is 10.5 Å². The predicted molar refractivity (Wildman–Crippen MR) is 48.1 cm³/mol. The Balaban J connectivity index is 3.03. The van der Waals surface area contributed by atoms with Crippen molar-refractivity contribution >= 4 is 11.6 Å². The first-order valence-electron chi connectivity index (χ1n) is 3.68. The quantitative estimate of drug-likeness (QED) is 0.507. The van der Waals surface area contributed by atoms with Crippen molar-refractivity contribution in [3.8, 4) is 0 Å². The predicted octanol–water partition coefficient (Wildman–Crippen LogP) is 0.847. The molecule has 1 amide bonds. The van der Waals surface area contributed by atoms with E-state index in [1.54, 1.807) is 24.3 Å². The summed E-state index contributed by atoms with van der Waals surface area (Å²) in [6.07, 6.45) is 0. The minimum Gasteiger partial charge on any atom is -0.398 e. The molecule has 0 bridgehead atoms. The van der Waals surface area contributed by atoms with E-state index >= 15 is 0 Å². The first kappa shape index (κ1) is 9.25. The Bertz CT molecular complexity index is 320. The summed E-state index contributed by atoms with van der Waals surface area (Å²) in [5.41, 5.74) is 7.53. The Hall–Kier alpha value is -1.84. The zero-order chi connectivity index (χ0) is 9.68. The van der Waals surface area contributed by atoms with E-state index in [-0.39, 0.29) is 5.71 Å². The number of benzene rings is 1. The van der Waals surface area contributed by atoms with Crippen molar-refractivity contribution in [1.82, 2.24) is 5.73 Å². The summed E-state index contributed by atoms with van der Waals surface area (Å²) in [6, 6.07) is 8.75. The van der Waals surface area contributed by atoms with Gasteiger partial charge in [0.05, 0.1) is 0 Å². The summed E-state index contributed by atoms with van der Waals surface area (Å²) < 4.78 is 0. The number of oxime groups is 1. The van der Waals surface area contributed by atoms with E-state index < -0.39 is 5.91 Å². The average Bonchev–Trinajstić information content (AvgIpc) is 2.15. The van der Waals surface area contributed by atoms with Crippen molar-refractivity contribution < 1.29 is 9.63 Å². The van der Waals surface area contributed by atoms with E-state index in [1.165, 1.54) is 7.11 Å². The lowest BCUT2D eigenvalue weighted by atomic mass is 10.1. The van der Waals surface area contributed by atoms with Gasteiger partial charge in [0.2, 0.25) is 0 Å². The number of nitrogens with one attached hydrogen (secondary N) is 1. The van der Waals surface area contributed by atoms with E-state index in [4.69, 9.17) is 5.73 Å². The van der Waals surface area contributed by atoms with Crippen molar-refractivity contribution in [3.63, 3.8) is 0 Å². The zero-order valence-electron chi connectivity index (χ0n) is 7.15. The third kappa shape index (κ3) is 2.30. The summed E-state index contributed by atoms with van der Waals surface area (Å²) in [7, 11) is 1.34. The zero-order valence-corrected chi connectivity index (χ0v) is 7.15. The molecule has 0 spiro atoms. The molecule has 0 aromatic heterocycles.